The normalized spacial score (nSPS) is 15.2. The number of likely N-dealkylation sites (N-methyl/N-ethyl adjacent to an activating group) is 1. The van der Waals surface area contributed by atoms with Crippen LogP contribution in [-0.2, 0) is 16.6 Å². The zero-order valence-electron chi connectivity index (χ0n) is 24.9. The van der Waals surface area contributed by atoms with Gasteiger partial charge in [-0.15, -0.1) is 11.3 Å². The van der Waals surface area contributed by atoms with Crippen molar-refractivity contribution in [3.63, 3.8) is 0 Å². The number of pyridine rings is 1. The Balaban J connectivity index is 1.62. The highest BCUT2D eigenvalue weighted by Crippen LogP contribution is 2.38. The molecule has 0 atom stereocenters. The molecule has 1 aromatic carbocycles. The molecule has 41 heavy (non-hydrogen) atoms. The first-order valence-electron chi connectivity index (χ1n) is 13.7. The lowest BCUT2D eigenvalue weighted by Crippen LogP contribution is -2.63. The van der Waals surface area contributed by atoms with Gasteiger partial charge in [0.05, 0.1) is 5.56 Å². The number of piperazine rings is 1. The molecule has 10 heteroatoms. The highest BCUT2D eigenvalue weighted by Gasteiger charge is 2.44. The third kappa shape index (κ3) is 6.12. The predicted octanol–water partition coefficient (Wildman–Crippen LogP) is 6.45. The first-order chi connectivity index (χ1) is 19.1. The number of urea groups is 1. The number of rotatable bonds is 5. The largest absolute Gasteiger partial charge is 0.342 e. The van der Waals surface area contributed by atoms with E-state index in [-0.39, 0.29) is 22.9 Å². The summed E-state index contributed by atoms with van der Waals surface area (Å²) in [6.07, 6.45) is 2.49. The molecule has 0 saturated carbocycles. The summed E-state index contributed by atoms with van der Waals surface area (Å²) >= 11 is 1.31. The van der Waals surface area contributed by atoms with E-state index in [9.17, 15) is 18.8 Å². The maximum absolute atomic E-state index is 14.9. The van der Waals surface area contributed by atoms with Crippen molar-refractivity contribution in [3.05, 3.63) is 64.0 Å². The molecule has 3 heterocycles. The second-order valence-electron chi connectivity index (χ2n) is 11.9. The molecule has 0 spiro atoms. The maximum atomic E-state index is 14.9. The van der Waals surface area contributed by atoms with Gasteiger partial charge in [0.15, 0.2) is 0 Å². The van der Waals surface area contributed by atoms with Gasteiger partial charge >= 0.3 is 6.03 Å². The molecule has 2 N–H and O–H groups in total. The van der Waals surface area contributed by atoms with Crippen molar-refractivity contribution < 1.29 is 18.8 Å². The van der Waals surface area contributed by atoms with E-state index < -0.39 is 17.4 Å². The Morgan fingerprint density at radius 2 is 1.83 bits per heavy atom. The van der Waals surface area contributed by atoms with Gasteiger partial charge in [0.1, 0.15) is 16.4 Å². The summed E-state index contributed by atoms with van der Waals surface area (Å²) in [5, 5.41) is 5.91. The number of nitrogens with zero attached hydrogens (tertiary/aromatic N) is 3. The Hall–Kier alpha value is -3.79. The molecule has 4 amide bonds. The summed E-state index contributed by atoms with van der Waals surface area (Å²) in [6.45, 7) is 14.0. The summed E-state index contributed by atoms with van der Waals surface area (Å²) in [7, 11) is 1.72. The molecule has 0 unspecified atom stereocenters. The number of carbonyl (C=O) groups is 3. The van der Waals surface area contributed by atoms with Crippen molar-refractivity contribution in [2.45, 2.75) is 65.8 Å². The van der Waals surface area contributed by atoms with Crippen LogP contribution in [0.3, 0.4) is 0 Å². The minimum absolute atomic E-state index is 0.146. The van der Waals surface area contributed by atoms with E-state index in [0.29, 0.717) is 34.8 Å². The van der Waals surface area contributed by atoms with E-state index in [4.69, 9.17) is 0 Å². The predicted molar refractivity (Wildman–Crippen MR) is 162 cm³/mol. The summed E-state index contributed by atoms with van der Waals surface area (Å²) in [6, 6.07) is 7.95. The van der Waals surface area contributed by atoms with Crippen LogP contribution in [0, 0.1) is 12.7 Å². The number of benzene rings is 1. The highest BCUT2D eigenvalue weighted by molar-refractivity contribution is 7.16. The van der Waals surface area contributed by atoms with Gasteiger partial charge in [-0.2, -0.15) is 0 Å². The Morgan fingerprint density at radius 3 is 2.44 bits per heavy atom. The Morgan fingerprint density at radius 1 is 1.12 bits per heavy atom. The summed E-state index contributed by atoms with van der Waals surface area (Å²) < 4.78 is 14.9. The molecule has 4 rings (SSSR count). The summed E-state index contributed by atoms with van der Waals surface area (Å²) in [4.78, 5) is 48.4. The minimum atomic E-state index is -1.03. The lowest BCUT2D eigenvalue weighted by atomic mass is 9.93. The molecule has 1 aliphatic heterocycles. The van der Waals surface area contributed by atoms with Gasteiger partial charge in [-0.3, -0.25) is 19.9 Å². The Bertz CT molecular complexity index is 1490. The number of aryl methyl sites for hydroxylation is 1. The smallest absolute Gasteiger partial charge is 0.324 e. The average Bonchev–Trinajstić information content (AvgIpc) is 3.33. The summed E-state index contributed by atoms with van der Waals surface area (Å²) in [5.41, 5.74) is 2.03. The highest BCUT2D eigenvalue weighted by atomic mass is 32.1. The first-order valence-corrected chi connectivity index (χ1v) is 14.5. The van der Waals surface area contributed by atoms with E-state index in [0.717, 1.165) is 22.6 Å². The quantitative estimate of drug-likeness (QED) is 0.363. The van der Waals surface area contributed by atoms with Crippen LogP contribution in [0.2, 0.25) is 0 Å². The topological polar surface area (TPSA) is 94.6 Å². The third-order valence-corrected chi connectivity index (χ3v) is 8.95. The van der Waals surface area contributed by atoms with Crippen LogP contribution in [0.4, 0.5) is 19.9 Å². The van der Waals surface area contributed by atoms with Crippen molar-refractivity contribution in [3.8, 4) is 11.1 Å². The molecular formula is C31H38FN5O3S. The molecule has 1 saturated heterocycles. The second-order valence-corrected chi connectivity index (χ2v) is 13.0. The lowest BCUT2D eigenvalue weighted by Gasteiger charge is -2.44. The lowest BCUT2D eigenvalue weighted by molar-refractivity contribution is -0.144. The van der Waals surface area contributed by atoms with Crippen LogP contribution in [0.1, 0.15) is 68.0 Å². The minimum Gasteiger partial charge on any atom is -0.342 e. The molecule has 0 aliphatic carbocycles. The van der Waals surface area contributed by atoms with Crippen LogP contribution in [-0.4, -0.2) is 58.3 Å². The number of hydrogen-bond acceptors (Lipinski definition) is 5. The molecule has 0 radical (unpaired) electrons. The van der Waals surface area contributed by atoms with Crippen LogP contribution in [0.25, 0.3) is 11.1 Å². The molecule has 3 aromatic rings. The third-order valence-electron chi connectivity index (χ3n) is 7.48. The Labute approximate surface area is 245 Å². The van der Waals surface area contributed by atoms with Gasteiger partial charge in [-0.05, 0) is 68.0 Å². The average molecular weight is 580 g/mol. The number of carbonyl (C=O) groups excluding carboxylic acids is 3. The molecule has 2 aromatic heterocycles. The Kier molecular flexibility index (Phi) is 8.27. The monoisotopic (exact) mass is 579 g/mol. The fourth-order valence-corrected chi connectivity index (χ4v) is 5.94. The van der Waals surface area contributed by atoms with Crippen molar-refractivity contribution >= 4 is 39.9 Å². The van der Waals surface area contributed by atoms with Crippen LogP contribution >= 0.6 is 11.3 Å². The molecule has 218 valence electrons. The number of hydrogen-bond donors (Lipinski definition) is 2. The number of thiophene rings is 1. The van der Waals surface area contributed by atoms with Crippen molar-refractivity contribution in [2.75, 3.05) is 30.8 Å². The van der Waals surface area contributed by atoms with E-state index >= 15 is 0 Å². The van der Waals surface area contributed by atoms with E-state index in [1.54, 1.807) is 55.9 Å². The van der Waals surface area contributed by atoms with E-state index in [1.807, 2.05) is 39.8 Å². The van der Waals surface area contributed by atoms with Gasteiger partial charge in [0, 0.05) is 48.2 Å². The van der Waals surface area contributed by atoms with Crippen LogP contribution in [0.5, 0.6) is 0 Å². The zero-order chi connectivity index (χ0) is 30.3. The first kappa shape index (κ1) is 30.2. The molecular weight excluding hydrogens is 541 g/mol. The van der Waals surface area contributed by atoms with Crippen molar-refractivity contribution in [2.24, 2.45) is 0 Å². The second kappa shape index (κ2) is 11.2. The van der Waals surface area contributed by atoms with Gasteiger partial charge in [0.2, 0.25) is 5.91 Å². The SMILES string of the molecule is CCc1ccc(-c2cc(NC(=O)Nc3sc(C(C)(C)C)cc3C(=O)N3CCN(C)C(=O)C3(C)C)cc(F)c2C)cn1. The number of amides is 4. The van der Waals surface area contributed by atoms with Gasteiger partial charge in [-0.25, -0.2) is 9.18 Å². The number of aromatic nitrogens is 1. The molecule has 0 bridgehead atoms. The van der Waals surface area contributed by atoms with E-state index in [1.165, 1.54) is 17.4 Å². The number of halogens is 1. The van der Waals surface area contributed by atoms with Gasteiger partial charge in [0.25, 0.3) is 5.91 Å². The standard InChI is InChI=1S/C31H38FN5O3S/c1-9-20-11-10-19(17-33-20)22-14-21(15-24(32)18(22)2)34-29(40)35-26-23(16-25(41-26)30(3,4)5)27(38)37-13-12-36(8)28(39)31(37,6)7/h10-11,14-17H,9,12-13H2,1-8H3,(H2,34,35,40). The fraction of sp³-hybridized carbons (Fsp3) is 0.419. The van der Waals surface area contributed by atoms with Crippen LogP contribution < -0.4 is 10.6 Å². The van der Waals surface area contributed by atoms with Gasteiger partial charge in [-0.1, -0.05) is 33.8 Å². The number of nitrogens with one attached hydrogen (secondary N) is 2. The fourth-order valence-electron chi connectivity index (χ4n) is 4.84. The molecule has 1 aliphatic rings. The van der Waals surface area contributed by atoms with Crippen LogP contribution in [0.15, 0.2) is 36.5 Å². The van der Waals surface area contributed by atoms with E-state index in [2.05, 4.69) is 15.6 Å². The van der Waals surface area contributed by atoms with Crippen molar-refractivity contribution in [1.82, 2.24) is 14.8 Å². The van der Waals surface area contributed by atoms with Crippen molar-refractivity contribution in [1.29, 1.82) is 0 Å². The molecule has 1 fully saturated rings. The number of anilines is 2. The summed E-state index contributed by atoms with van der Waals surface area (Å²) in [5.74, 6) is -0.932. The molecule has 8 nitrogen and oxygen atoms in total. The van der Waals surface area contributed by atoms with Gasteiger partial charge < -0.3 is 15.1 Å². The zero-order valence-corrected chi connectivity index (χ0v) is 25.8. The maximum Gasteiger partial charge on any atom is 0.324 e.